The van der Waals surface area contributed by atoms with Gasteiger partial charge in [-0.2, -0.15) is 0 Å². The molecule has 1 aromatic heterocycles. The first-order valence-corrected chi connectivity index (χ1v) is 21.2. The summed E-state index contributed by atoms with van der Waals surface area (Å²) in [6.45, 7) is 21.2. The van der Waals surface area contributed by atoms with Crippen LogP contribution >= 0.6 is 22.9 Å². The number of halogens is 1. The van der Waals surface area contributed by atoms with Gasteiger partial charge in [-0.3, -0.25) is 4.79 Å². The lowest BCUT2D eigenvalue weighted by molar-refractivity contribution is -0.114. The standard InChI is InChI=1S/C37H54ClN5O5S.C3H8O.C2H6/c1-7-11-13-27(9-3)24-47-19-17-43(18-20-48-25-28(10-4)14-12-8-2)29-15-16-32(33(21-29)39-26(5)44)41-42-37-40-34-23-31(38)30(36(45)46-6)22-35(34)49-37;1-3-4-2;1-2/h15-16,21-23,27-28H,7-14,17-20,24-25H2,1-6H3,(H,39,44);3H2,1-2H3;1-2H3. The van der Waals surface area contributed by atoms with Gasteiger partial charge in [0.05, 0.1) is 46.8 Å². The average molecular weight is 807 g/mol. The number of amides is 1. The number of rotatable bonds is 24. The second kappa shape index (κ2) is 30.0. The van der Waals surface area contributed by atoms with Crippen LogP contribution in [0.5, 0.6) is 0 Å². The van der Waals surface area contributed by atoms with Crippen molar-refractivity contribution in [3.05, 3.63) is 40.9 Å². The van der Waals surface area contributed by atoms with Gasteiger partial charge < -0.3 is 29.2 Å². The second-order valence-corrected chi connectivity index (χ2v) is 14.3. The molecule has 0 aliphatic heterocycles. The molecule has 0 bridgehead atoms. The molecule has 3 rings (SSSR count). The molecule has 3 aromatic rings. The number of hydrogen-bond acceptors (Lipinski definition) is 11. The van der Waals surface area contributed by atoms with E-state index >= 15 is 0 Å². The van der Waals surface area contributed by atoms with E-state index in [0.717, 1.165) is 43.0 Å². The molecular weight excluding hydrogens is 738 g/mol. The van der Waals surface area contributed by atoms with Gasteiger partial charge in [-0.1, -0.05) is 103 Å². The number of unbranched alkanes of at least 4 members (excludes halogenated alkanes) is 2. The van der Waals surface area contributed by atoms with Crippen LogP contribution in [-0.2, 0) is 23.7 Å². The van der Waals surface area contributed by atoms with E-state index in [9.17, 15) is 9.59 Å². The topological polar surface area (TPSA) is 124 Å². The molecule has 1 N–H and O–H groups in total. The Hall–Kier alpha value is -3.16. The van der Waals surface area contributed by atoms with Crippen molar-refractivity contribution < 1.29 is 28.5 Å². The number of carbonyl (C=O) groups is 2. The van der Waals surface area contributed by atoms with Crippen molar-refractivity contribution in [3.8, 4) is 0 Å². The van der Waals surface area contributed by atoms with Crippen molar-refractivity contribution in [2.75, 3.05) is 70.6 Å². The molecule has 2 atom stereocenters. The maximum absolute atomic E-state index is 12.2. The highest BCUT2D eigenvalue weighted by Gasteiger charge is 2.16. The number of benzene rings is 2. The number of hydrogen-bond donors (Lipinski definition) is 1. The van der Waals surface area contributed by atoms with Crippen molar-refractivity contribution >= 4 is 67.2 Å². The van der Waals surface area contributed by atoms with Crippen molar-refractivity contribution in [2.24, 2.45) is 22.1 Å². The molecule has 1 amide bonds. The fraction of sp³-hybridized carbons (Fsp3) is 0.643. The summed E-state index contributed by atoms with van der Waals surface area (Å²) in [6, 6.07) is 8.99. The number of carbonyl (C=O) groups excluding carboxylic acids is 2. The fourth-order valence-corrected chi connectivity index (χ4v) is 6.50. The van der Waals surface area contributed by atoms with Gasteiger partial charge in [0.1, 0.15) is 5.69 Å². The lowest BCUT2D eigenvalue weighted by Gasteiger charge is -2.26. The number of nitrogens with zero attached hydrogens (tertiary/aromatic N) is 4. The zero-order valence-corrected chi connectivity index (χ0v) is 36.7. The van der Waals surface area contributed by atoms with Gasteiger partial charge in [0.15, 0.2) is 0 Å². The maximum Gasteiger partial charge on any atom is 0.339 e. The predicted octanol–water partition coefficient (Wildman–Crippen LogP) is 12.1. The highest BCUT2D eigenvalue weighted by Crippen LogP contribution is 2.35. The molecule has 11 nitrogen and oxygen atoms in total. The van der Waals surface area contributed by atoms with E-state index in [4.69, 9.17) is 25.8 Å². The average Bonchev–Trinajstić information content (AvgIpc) is 3.60. The highest BCUT2D eigenvalue weighted by molar-refractivity contribution is 7.22. The molecule has 0 saturated carbocycles. The number of esters is 1. The monoisotopic (exact) mass is 805 g/mol. The molecule has 0 saturated heterocycles. The van der Waals surface area contributed by atoms with E-state index in [1.54, 1.807) is 19.2 Å². The Morgan fingerprint density at radius 2 is 1.47 bits per heavy atom. The van der Waals surface area contributed by atoms with E-state index in [1.165, 1.54) is 63.9 Å². The van der Waals surface area contributed by atoms with Crippen LogP contribution in [0.1, 0.15) is 117 Å². The lowest BCUT2D eigenvalue weighted by atomic mass is 10.0. The molecule has 0 fully saturated rings. The fourth-order valence-electron chi connectivity index (χ4n) is 5.46. The molecule has 2 unspecified atom stereocenters. The number of nitrogens with one attached hydrogen (secondary N) is 1. The van der Waals surface area contributed by atoms with Gasteiger partial charge in [-0.05, 0) is 61.9 Å². The van der Waals surface area contributed by atoms with Crippen molar-refractivity contribution in [3.63, 3.8) is 0 Å². The van der Waals surface area contributed by atoms with E-state index < -0.39 is 5.97 Å². The summed E-state index contributed by atoms with van der Waals surface area (Å²) in [7, 11) is 2.99. The van der Waals surface area contributed by atoms with E-state index in [2.05, 4.69) is 57.9 Å². The minimum atomic E-state index is -0.523. The predicted molar refractivity (Wildman–Crippen MR) is 230 cm³/mol. The van der Waals surface area contributed by atoms with Gasteiger partial charge in [0.25, 0.3) is 0 Å². The third-order valence-electron chi connectivity index (χ3n) is 8.86. The van der Waals surface area contributed by atoms with Gasteiger partial charge >= 0.3 is 5.97 Å². The van der Waals surface area contributed by atoms with Gasteiger partial charge in [-0.15, -0.1) is 10.2 Å². The summed E-state index contributed by atoms with van der Waals surface area (Å²) in [5.74, 6) is 0.408. The molecule has 2 aromatic carbocycles. The van der Waals surface area contributed by atoms with Crippen LogP contribution in [0.15, 0.2) is 40.6 Å². The smallest absolute Gasteiger partial charge is 0.339 e. The summed E-state index contributed by atoms with van der Waals surface area (Å²) in [5.41, 5.74) is 2.81. The summed E-state index contributed by atoms with van der Waals surface area (Å²) in [6.07, 6.45) is 9.45. The first-order valence-electron chi connectivity index (χ1n) is 20.0. The minimum Gasteiger partial charge on any atom is -0.465 e. The van der Waals surface area contributed by atoms with Gasteiger partial charge in [0, 0.05) is 52.6 Å². The van der Waals surface area contributed by atoms with Crippen LogP contribution in [0.4, 0.5) is 22.2 Å². The normalized spacial score (nSPS) is 12.1. The first-order chi connectivity index (χ1) is 26.6. The number of ether oxygens (including phenoxy) is 4. The second-order valence-electron chi connectivity index (χ2n) is 12.9. The molecule has 13 heteroatoms. The number of methoxy groups -OCH3 is 2. The van der Waals surface area contributed by atoms with Crippen LogP contribution in [0, 0.1) is 11.8 Å². The zero-order valence-electron chi connectivity index (χ0n) is 35.2. The minimum absolute atomic E-state index is 0.216. The van der Waals surface area contributed by atoms with Crippen LogP contribution in [0.25, 0.3) is 10.2 Å². The third-order valence-corrected chi connectivity index (χ3v) is 10.1. The number of anilines is 2. The number of aromatic nitrogens is 1. The molecular formula is C42H68ClN5O6S. The van der Waals surface area contributed by atoms with Gasteiger partial charge in [0.2, 0.25) is 11.0 Å². The van der Waals surface area contributed by atoms with Crippen molar-refractivity contribution in [2.45, 2.75) is 107 Å². The Kier molecular flexibility index (Phi) is 27.2. The van der Waals surface area contributed by atoms with E-state index in [-0.39, 0.29) is 16.5 Å². The van der Waals surface area contributed by atoms with Crippen LogP contribution in [0.2, 0.25) is 5.02 Å². The lowest BCUT2D eigenvalue weighted by Crippen LogP contribution is -2.32. The molecule has 0 aliphatic carbocycles. The molecule has 310 valence electrons. The summed E-state index contributed by atoms with van der Waals surface area (Å²) < 4.78 is 22.5. The summed E-state index contributed by atoms with van der Waals surface area (Å²) >= 11 is 7.55. The Morgan fingerprint density at radius 1 is 0.891 bits per heavy atom. The van der Waals surface area contributed by atoms with Crippen molar-refractivity contribution in [1.82, 2.24) is 4.98 Å². The van der Waals surface area contributed by atoms with Crippen LogP contribution in [-0.4, -0.2) is 77.2 Å². The SMILES string of the molecule is CC.CCCCC(CC)COCCN(CCOCC(CC)CCCC)c1ccc(N=Nc2nc3cc(Cl)c(C(=O)OC)cc3s2)c(NC(C)=O)c1.CCOC. The molecule has 0 radical (unpaired) electrons. The Balaban J connectivity index is 0.00000236. The van der Waals surface area contributed by atoms with Crippen molar-refractivity contribution in [1.29, 1.82) is 0 Å². The number of fused-ring (bicyclic) bond motifs is 1. The third kappa shape index (κ3) is 19.0. The molecule has 0 aliphatic rings. The summed E-state index contributed by atoms with van der Waals surface area (Å²) in [4.78, 5) is 31.1. The quantitative estimate of drug-likeness (QED) is 0.0539. The van der Waals surface area contributed by atoms with Crippen LogP contribution in [0.3, 0.4) is 0 Å². The Morgan fingerprint density at radius 3 is 1.96 bits per heavy atom. The van der Waals surface area contributed by atoms with Crippen LogP contribution < -0.4 is 10.2 Å². The molecule has 0 spiro atoms. The highest BCUT2D eigenvalue weighted by atomic mass is 35.5. The largest absolute Gasteiger partial charge is 0.465 e. The first kappa shape index (κ1) is 49.9. The van der Waals surface area contributed by atoms with E-state index in [0.29, 0.717) is 60.2 Å². The number of thiazole rings is 1. The van der Waals surface area contributed by atoms with Gasteiger partial charge in [-0.25, -0.2) is 9.78 Å². The Bertz CT molecular complexity index is 1510. The maximum atomic E-state index is 12.2. The summed E-state index contributed by atoms with van der Waals surface area (Å²) in [5, 5.41) is 12.4. The molecule has 1 heterocycles. The zero-order chi connectivity index (χ0) is 41.0. The van der Waals surface area contributed by atoms with E-state index in [1.807, 2.05) is 39.0 Å². The Labute approximate surface area is 339 Å². The number of azo groups is 1. The molecule has 55 heavy (non-hydrogen) atoms.